The third-order valence-corrected chi connectivity index (χ3v) is 4.50. The molecule has 1 N–H and O–H groups in total. The second kappa shape index (κ2) is 5.70. The van der Waals surface area contributed by atoms with Crippen LogP contribution in [0.5, 0.6) is 0 Å². The lowest BCUT2D eigenvalue weighted by Gasteiger charge is -2.22. The first kappa shape index (κ1) is 13.8. The van der Waals surface area contributed by atoms with Gasteiger partial charge in [0.25, 0.3) is 0 Å². The Balaban J connectivity index is 1.65. The minimum Gasteiger partial charge on any atom is -0.355 e. The van der Waals surface area contributed by atoms with E-state index in [1.54, 1.807) is 0 Å². The van der Waals surface area contributed by atoms with Crippen molar-refractivity contribution in [3.63, 3.8) is 0 Å². The summed E-state index contributed by atoms with van der Waals surface area (Å²) in [7, 11) is 4.35. The molecule has 110 valence electrons. The van der Waals surface area contributed by atoms with Gasteiger partial charge in [0, 0.05) is 31.7 Å². The third-order valence-electron chi connectivity index (χ3n) is 4.50. The molecular weight excluding hydrogens is 248 g/mol. The van der Waals surface area contributed by atoms with Gasteiger partial charge in [0.2, 0.25) is 0 Å². The molecule has 2 atom stereocenters. The minimum absolute atomic E-state index is 0.630. The largest absolute Gasteiger partial charge is 0.355 e. The normalized spacial score (nSPS) is 26.5. The zero-order valence-electron chi connectivity index (χ0n) is 12.8. The number of hydrogen-bond acceptors (Lipinski definition) is 4. The smallest absolute Gasteiger partial charge is 0.128 e. The average Bonchev–Trinajstić information content (AvgIpc) is 3.18. The molecule has 4 heteroatoms. The van der Waals surface area contributed by atoms with Crippen molar-refractivity contribution in [2.75, 3.05) is 32.1 Å². The van der Waals surface area contributed by atoms with Gasteiger partial charge < -0.3 is 15.1 Å². The van der Waals surface area contributed by atoms with E-state index in [2.05, 4.69) is 54.3 Å². The Kier molecular flexibility index (Phi) is 3.94. The first-order valence-corrected chi connectivity index (χ1v) is 7.74. The van der Waals surface area contributed by atoms with Gasteiger partial charge in [-0.1, -0.05) is 13.0 Å². The van der Waals surface area contributed by atoms with Crippen LogP contribution in [0.4, 0.5) is 5.82 Å². The van der Waals surface area contributed by atoms with Crippen LogP contribution < -0.4 is 10.2 Å². The van der Waals surface area contributed by atoms with Crippen molar-refractivity contribution >= 4 is 5.82 Å². The van der Waals surface area contributed by atoms with Crippen LogP contribution in [-0.4, -0.2) is 49.2 Å². The van der Waals surface area contributed by atoms with Crippen molar-refractivity contribution in [3.8, 4) is 0 Å². The first-order chi connectivity index (χ1) is 9.63. The number of nitrogens with one attached hydrogen (secondary N) is 1. The highest BCUT2D eigenvalue weighted by Crippen LogP contribution is 2.25. The molecule has 1 saturated heterocycles. The lowest BCUT2D eigenvalue weighted by atomic mass is 10.1. The highest BCUT2D eigenvalue weighted by molar-refractivity contribution is 5.41. The second-order valence-corrected chi connectivity index (χ2v) is 6.56. The molecule has 0 spiro atoms. The third kappa shape index (κ3) is 3.13. The number of nitrogens with zero attached hydrogens (tertiary/aromatic N) is 3. The molecule has 2 aliphatic rings. The van der Waals surface area contributed by atoms with Crippen molar-refractivity contribution in [2.24, 2.45) is 5.92 Å². The Morgan fingerprint density at radius 2 is 2.10 bits per heavy atom. The van der Waals surface area contributed by atoms with Gasteiger partial charge in [0.05, 0.1) is 5.69 Å². The summed E-state index contributed by atoms with van der Waals surface area (Å²) in [5.41, 5.74) is 1.16. The number of likely N-dealkylation sites (N-methyl/N-ethyl adjacent to an activating group) is 1. The quantitative estimate of drug-likeness (QED) is 0.886. The highest BCUT2D eigenvalue weighted by Gasteiger charge is 2.31. The lowest BCUT2D eigenvalue weighted by molar-refractivity contribution is 0.266. The second-order valence-electron chi connectivity index (χ2n) is 6.56. The van der Waals surface area contributed by atoms with Gasteiger partial charge in [0.15, 0.2) is 0 Å². The standard InChI is InChI=1S/C16H26N4/c1-12-10-20(11-15(12)19(2)3)16-6-4-5-14(18-16)9-17-13-7-8-13/h4-6,12-13,15,17H,7-11H2,1-3H3. The maximum absolute atomic E-state index is 4.83. The molecule has 2 heterocycles. The molecule has 2 unspecified atom stereocenters. The van der Waals surface area contributed by atoms with Gasteiger partial charge in [-0.15, -0.1) is 0 Å². The SMILES string of the molecule is CC1CN(c2cccc(CNC3CC3)n2)CC1N(C)C. The van der Waals surface area contributed by atoms with Gasteiger partial charge in [-0.2, -0.15) is 0 Å². The first-order valence-electron chi connectivity index (χ1n) is 7.74. The van der Waals surface area contributed by atoms with E-state index in [1.165, 1.54) is 12.8 Å². The molecule has 0 aromatic carbocycles. The predicted octanol–water partition coefficient (Wildman–Crippen LogP) is 1.72. The summed E-state index contributed by atoms with van der Waals surface area (Å²) in [6.45, 7) is 5.43. The fraction of sp³-hybridized carbons (Fsp3) is 0.688. The number of rotatable bonds is 5. The van der Waals surface area contributed by atoms with Gasteiger partial charge in [-0.05, 0) is 45.0 Å². The molecule has 1 aliphatic carbocycles. The average molecular weight is 274 g/mol. The monoisotopic (exact) mass is 274 g/mol. The van der Waals surface area contributed by atoms with E-state index >= 15 is 0 Å². The lowest BCUT2D eigenvalue weighted by Crippen LogP contribution is -2.34. The molecule has 0 radical (unpaired) electrons. The molecule has 0 amide bonds. The van der Waals surface area contributed by atoms with E-state index in [9.17, 15) is 0 Å². The molecule has 0 bridgehead atoms. The van der Waals surface area contributed by atoms with E-state index in [4.69, 9.17) is 4.98 Å². The Bertz CT molecular complexity index is 456. The summed E-state index contributed by atoms with van der Waals surface area (Å²) in [6.07, 6.45) is 2.65. The number of pyridine rings is 1. The molecule has 1 aromatic rings. The van der Waals surface area contributed by atoms with Crippen LogP contribution in [0.3, 0.4) is 0 Å². The Morgan fingerprint density at radius 3 is 2.75 bits per heavy atom. The van der Waals surface area contributed by atoms with Crippen molar-refractivity contribution in [2.45, 2.75) is 38.4 Å². The molecular formula is C16H26N4. The summed E-state index contributed by atoms with van der Waals surface area (Å²) in [5.74, 6) is 1.83. The van der Waals surface area contributed by atoms with Crippen LogP contribution >= 0.6 is 0 Å². The van der Waals surface area contributed by atoms with Crippen molar-refractivity contribution in [1.82, 2.24) is 15.2 Å². The molecule has 1 saturated carbocycles. The van der Waals surface area contributed by atoms with Crippen LogP contribution in [-0.2, 0) is 6.54 Å². The minimum atomic E-state index is 0.630. The highest BCUT2D eigenvalue weighted by atomic mass is 15.3. The summed E-state index contributed by atoms with van der Waals surface area (Å²) < 4.78 is 0. The molecule has 2 fully saturated rings. The Hall–Kier alpha value is -1.13. The Morgan fingerprint density at radius 1 is 1.30 bits per heavy atom. The van der Waals surface area contributed by atoms with Crippen LogP contribution in [0.25, 0.3) is 0 Å². The van der Waals surface area contributed by atoms with Crippen LogP contribution in [0.1, 0.15) is 25.5 Å². The van der Waals surface area contributed by atoms with Gasteiger partial charge in [-0.3, -0.25) is 0 Å². The summed E-state index contributed by atoms with van der Waals surface area (Å²) in [4.78, 5) is 9.59. The van der Waals surface area contributed by atoms with E-state index in [0.29, 0.717) is 12.0 Å². The van der Waals surface area contributed by atoms with Crippen LogP contribution in [0.2, 0.25) is 0 Å². The van der Waals surface area contributed by atoms with E-state index in [-0.39, 0.29) is 0 Å². The zero-order chi connectivity index (χ0) is 14.1. The van der Waals surface area contributed by atoms with Crippen molar-refractivity contribution in [3.05, 3.63) is 23.9 Å². The fourth-order valence-electron chi connectivity index (χ4n) is 3.09. The Labute approximate surface area is 122 Å². The van der Waals surface area contributed by atoms with Crippen LogP contribution in [0, 0.1) is 5.92 Å². The van der Waals surface area contributed by atoms with Gasteiger partial charge in [0.1, 0.15) is 5.82 Å². The van der Waals surface area contributed by atoms with E-state index < -0.39 is 0 Å². The summed E-state index contributed by atoms with van der Waals surface area (Å²) >= 11 is 0. The van der Waals surface area contributed by atoms with Crippen molar-refractivity contribution < 1.29 is 0 Å². The molecule has 1 aromatic heterocycles. The maximum atomic E-state index is 4.83. The van der Waals surface area contributed by atoms with Gasteiger partial charge >= 0.3 is 0 Å². The topological polar surface area (TPSA) is 31.4 Å². The predicted molar refractivity (Wildman–Crippen MR) is 83.0 cm³/mol. The van der Waals surface area contributed by atoms with Crippen LogP contribution in [0.15, 0.2) is 18.2 Å². The van der Waals surface area contributed by atoms with E-state index in [1.807, 2.05) is 0 Å². The van der Waals surface area contributed by atoms with E-state index in [0.717, 1.165) is 37.2 Å². The number of anilines is 1. The number of aromatic nitrogens is 1. The van der Waals surface area contributed by atoms with Crippen molar-refractivity contribution in [1.29, 1.82) is 0 Å². The molecule has 4 nitrogen and oxygen atoms in total. The number of hydrogen-bond donors (Lipinski definition) is 1. The zero-order valence-corrected chi connectivity index (χ0v) is 12.8. The summed E-state index contributed by atoms with van der Waals surface area (Å²) in [6, 6.07) is 7.78. The molecule has 3 rings (SSSR count). The fourth-order valence-corrected chi connectivity index (χ4v) is 3.09. The maximum Gasteiger partial charge on any atom is 0.128 e. The summed E-state index contributed by atoms with van der Waals surface area (Å²) in [5, 5.41) is 3.54. The molecule has 20 heavy (non-hydrogen) atoms. The molecule has 1 aliphatic heterocycles. The van der Waals surface area contributed by atoms with Gasteiger partial charge in [-0.25, -0.2) is 4.98 Å².